The van der Waals surface area contributed by atoms with Crippen molar-refractivity contribution in [3.05, 3.63) is 33.7 Å². The maximum absolute atomic E-state index is 12.3. The minimum Gasteiger partial charge on any atom is -0.480 e. The Hall–Kier alpha value is -2.64. The molecule has 1 fully saturated rings. The van der Waals surface area contributed by atoms with Gasteiger partial charge >= 0.3 is 0 Å². The predicted octanol–water partition coefficient (Wildman–Crippen LogP) is 0.774. The molecule has 0 spiro atoms. The van der Waals surface area contributed by atoms with Crippen molar-refractivity contribution in [2.45, 2.75) is 25.7 Å². The van der Waals surface area contributed by atoms with Crippen molar-refractivity contribution < 1.29 is 4.74 Å². The van der Waals surface area contributed by atoms with Gasteiger partial charge in [0.15, 0.2) is 5.82 Å². The summed E-state index contributed by atoms with van der Waals surface area (Å²) < 4.78 is 5.05. The van der Waals surface area contributed by atoms with Gasteiger partial charge in [-0.1, -0.05) is 0 Å². The molecule has 1 aliphatic carbocycles. The highest BCUT2D eigenvalue weighted by atomic mass is 16.5. The second-order valence-electron chi connectivity index (χ2n) is 6.43. The van der Waals surface area contributed by atoms with Gasteiger partial charge in [-0.2, -0.15) is 0 Å². The lowest BCUT2D eigenvalue weighted by Crippen LogP contribution is -2.48. The van der Waals surface area contributed by atoms with Crippen molar-refractivity contribution in [3.8, 4) is 5.88 Å². The van der Waals surface area contributed by atoms with Crippen molar-refractivity contribution in [1.29, 1.82) is 0 Å². The van der Waals surface area contributed by atoms with Gasteiger partial charge in [-0.25, -0.2) is 4.98 Å². The van der Waals surface area contributed by atoms with E-state index in [2.05, 4.69) is 25.0 Å². The summed E-state index contributed by atoms with van der Waals surface area (Å²) in [7, 11) is 1.58. The Morgan fingerprint density at radius 2 is 1.80 bits per heavy atom. The first-order valence-corrected chi connectivity index (χ1v) is 8.74. The van der Waals surface area contributed by atoms with Crippen LogP contribution >= 0.6 is 0 Å². The zero-order valence-electron chi connectivity index (χ0n) is 14.4. The number of nitrogens with zero attached hydrogens (tertiary/aromatic N) is 5. The maximum Gasteiger partial charge on any atom is 0.255 e. The van der Waals surface area contributed by atoms with Crippen LogP contribution in [-0.4, -0.2) is 53.5 Å². The summed E-state index contributed by atoms with van der Waals surface area (Å²) in [5.41, 5.74) is 1.89. The van der Waals surface area contributed by atoms with Gasteiger partial charge in [-0.3, -0.25) is 9.78 Å². The SMILES string of the molecule is COc1ccc(N2CCN(c3nc4c(c(=O)[nH]3)CCCC4)CC2)nn1. The zero-order valence-corrected chi connectivity index (χ0v) is 14.4. The van der Waals surface area contributed by atoms with Crippen LogP contribution in [0.5, 0.6) is 5.88 Å². The standard InChI is InChI=1S/C17H22N6O2/c1-25-15-7-6-14(20-21-15)22-8-10-23(11-9-22)17-18-13-5-3-2-4-12(13)16(24)19-17/h6-7H,2-5,8-11H2,1H3,(H,18,19,24). The number of ether oxygens (including phenoxy) is 1. The molecule has 8 heteroatoms. The van der Waals surface area contributed by atoms with Crippen LogP contribution in [0.1, 0.15) is 24.1 Å². The third-order valence-electron chi connectivity index (χ3n) is 4.92. The van der Waals surface area contributed by atoms with E-state index >= 15 is 0 Å². The van der Waals surface area contributed by atoms with Gasteiger partial charge < -0.3 is 14.5 Å². The van der Waals surface area contributed by atoms with Gasteiger partial charge in [0.05, 0.1) is 12.8 Å². The number of rotatable bonds is 3. The zero-order chi connectivity index (χ0) is 17.2. The normalized spacial score (nSPS) is 17.3. The van der Waals surface area contributed by atoms with E-state index in [1.165, 1.54) is 0 Å². The van der Waals surface area contributed by atoms with Crippen LogP contribution in [0.2, 0.25) is 0 Å². The molecule has 1 saturated heterocycles. The summed E-state index contributed by atoms with van der Waals surface area (Å²) in [5, 5.41) is 8.22. The maximum atomic E-state index is 12.3. The van der Waals surface area contributed by atoms with E-state index in [1.54, 1.807) is 7.11 Å². The monoisotopic (exact) mass is 342 g/mol. The van der Waals surface area contributed by atoms with Crippen LogP contribution in [0.15, 0.2) is 16.9 Å². The molecule has 25 heavy (non-hydrogen) atoms. The van der Waals surface area contributed by atoms with Crippen molar-refractivity contribution in [2.75, 3.05) is 43.1 Å². The fourth-order valence-electron chi connectivity index (χ4n) is 3.48. The van der Waals surface area contributed by atoms with Crippen LogP contribution in [0.3, 0.4) is 0 Å². The summed E-state index contributed by atoms with van der Waals surface area (Å²) in [6.45, 7) is 3.19. The fourth-order valence-corrected chi connectivity index (χ4v) is 3.48. The minimum absolute atomic E-state index is 0.0307. The number of aromatic amines is 1. The fraction of sp³-hybridized carbons (Fsp3) is 0.529. The molecule has 1 aliphatic heterocycles. The third kappa shape index (κ3) is 3.16. The van der Waals surface area contributed by atoms with Gasteiger partial charge in [-0.05, 0) is 31.7 Å². The Morgan fingerprint density at radius 3 is 2.52 bits per heavy atom. The molecule has 8 nitrogen and oxygen atoms in total. The molecular formula is C17H22N6O2. The molecule has 0 saturated carbocycles. The summed E-state index contributed by atoms with van der Waals surface area (Å²) in [6.07, 6.45) is 3.96. The Bertz CT molecular complexity index is 796. The second-order valence-corrected chi connectivity index (χ2v) is 6.43. The average Bonchev–Trinajstić information content (AvgIpc) is 2.68. The number of aryl methyl sites for hydroxylation is 1. The molecule has 0 amide bonds. The van der Waals surface area contributed by atoms with E-state index < -0.39 is 0 Å². The van der Waals surface area contributed by atoms with Crippen molar-refractivity contribution in [1.82, 2.24) is 20.2 Å². The van der Waals surface area contributed by atoms with Gasteiger partial charge in [0.1, 0.15) is 0 Å². The minimum atomic E-state index is 0.0307. The largest absolute Gasteiger partial charge is 0.480 e. The van der Waals surface area contributed by atoms with Crippen LogP contribution in [0, 0.1) is 0 Å². The number of hydrogen-bond donors (Lipinski definition) is 1. The van der Waals surface area contributed by atoms with Gasteiger partial charge in [0.25, 0.3) is 5.56 Å². The molecule has 0 atom stereocenters. The lowest BCUT2D eigenvalue weighted by atomic mass is 9.97. The Balaban J connectivity index is 1.46. The van der Waals surface area contributed by atoms with E-state index in [1.807, 2.05) is 12.1 Å². The van der Waals surface area contributed by atoms with E-state index in [0.717, 1.165) is 68.9 Å². The summed E-state index contributed by atoms with van der Waals surface area (Å²) in [5.74, 6) is 2.05. The first-order chi connectivity index (χ1) is 12.2. The number of fused-ring (bicyclic) bond motifs is 1. The summed E-state index contributed by atoms with van der Waals surface area (Å²) >= 11 is 0. The lowest BCUT2D eigenvalue weighted by Gasteiger charge is -2.35. The van der Waals surface area contributed by atoms with Gasteiger partial charge in [0.2, 0.25) is 11.8 Å². The molecule has 2 aromatic heterocycles. The smallest absolute Gasteiger partial charge is 0.255 e. The lowest BCUT2D eigenvalue weighted by molar-refractivity contribution is 0.392. The molecule has 132 valence electrons. The summed E-state index contributed by atoms with van der Waals surface area (Å²) in [4.78, 5) is 24.3. The third-order valence-corrected chi connectivity index (χ3v) is 4.92. The Kier molecular flexibility index (Phi) is 4.25. The molecule has 2 aromatic rings. The predicted molar refractivity (Wildman–Crippen MR) is 94.5 cm³/mol. The van der Waals surface area contributed by atoms with Crippen molar-refractivity contribution >= 4 is 11.8 Å². The molecule has 0 aromatic carbocycles. The summed E-state index contributed by atoms with van der Waals surface area (Å²) in [6, 6.07) is 3.73. The highest BCUT2D eigenvalue weighted by Crippen LogP contribution is 2.20. The second kappa shape index (κ2) is 6.70. The van der Waals surface area contributed by atoms with E-state index in [4.69, 9.17) is 9.72 Å². The number of hydrogen-bond acceptors (Lipinski definition) is 7. The molecule has 0 bridgehead atoms. The topological polar surface area (TPSA) is 87.2 Å². The van der Waals surface area contributed by atoms with Crippen molar-refractivity contribution in [2.24, 2.45) is 0 Å². The van der Waals surface area contributed by atoms with Gasteiger partial charge in [0, 0.05) is 37.8 Å². The highest BCUT2D eigenvalue weighted by molar-refractivity contribution is 5.42. The molecule has 4 rings (SSSR count). The van der Waals surface area contributed by atoms with Gasteiger partial charge in [-0.15, -0.1) is 10.2 Å². The average molecular weight is 342 g/mol. The first kappa shape index (κ1) is 15.9. The van der Waals surface area contributed by atoms with Crippen LogP contribution in [-0.2, 0) is 12.8 Å². The number of piperazine rings is 1. The molecule has 0 radical (unpaired) electrons. The number of methoxy groups -OCH3 is 1. The van der Waals surface area contributed by atoms with Crippen molar-refractivity contribution in [3.63, 3.8) is 0 Å². The molecule has 2 aliphatic rings. The highest BCUT2D eigenvalue weighted by Gasteiger charge is 2.22. The van der Waals surface area contributed by atoms with E-state index in [-0.39, 0.29) is 5.56 Å². The van der Waals surface area contributed by atoms with E-state index in [0.29, 0.717) is 11.8 Å². The van der Waals surface area contributed by atoms with E-state index in [9.17, 15) is 4.79 Å². The number of nitrogens with one attached hydrogen (secondary N) is 1. The molecular weight excluding hydrogens is 320 g/mol. The molecule has 1 N–H and O–H groups in total. The van der Waals surface area contributed by atoms with Crippen LogP contribution < -0.4 is 20.1 Å². The number of anilines is 2. The number of aromatic nitrogens is 4. The quantitative estimate of drug-likeness (QED) is 0.882. The Labute approximate surface area is 145 Å². The van der Waals surface area contributed by atoms with Crippen LogP contribution in [0.25, 0.3) is 0 Å². The molecule has 3 heterocycles. The number of H-pyrrole nitrogens is 1. The Morgan fingerprint density at radius 1 is 1.04 bits per heavy atom. The first-order valence-electron chi connectivity index (χ1n) is 8.74. The van der Waals surface area contributed by atoms with Crippen LogP contribution in [0.4, 0.5) is 11.8 Å². The molecule has 0 unspecified atom stereocenters.